The predicted octanol–water partition coefficient (Wildman–Crippen LogP) is 1.23. The van der Waals surface area contributed by atoms with Crippen LogP contribution in [0.1, 0.15) is 50.7 Å². The number of aryl methyl sites for hydroxylation is 1. The average Bonchev–Trinajstić information content (AvgIpc) is 3.31. The topological polar surface area (TPSA) is 96.7 Å². The summed E-state index contributed by atoms with van der Waals surface area (Å²) in [6.45, 7) is 7.10. The van der Waals surface area contributed by atoms with Gasteiger partial charge in [-0.25, -0.2) is 4.99 Å². The van der Waals surface area contributed by atoms with E-state index in [-0.39, 0.29) is 11.3 Å². The predicted molar refractivity (Wildman–Crippen MR) is 114 cm³/mol. The molecule has 0 bridgehead atoms. The third-order valence-corrected chi connectivity index (χ3v) is 5.54. The van der Waals surface area contributed by atoms with Crippen molar-refractivity contribution in [3.05, 3.63) is 11.6 Å². The lowest BCUT2D eigenvalue weighted by Crippen LogP contribution is -2.49. The molecule has 0 unspecified atom stereocenters. The molecule has 1 aromatic rings. The molecule has 1 amide bonds. The van der Waals surface area contributed by atoms with E-state index < -0.39 is 0 Å². The van der Waals surface area contributed by atoms with E-state index in [1.807, 2.05) is 39.6 Å². The number of hydrogen-bond donors (Lipinski definition) is 2. The zero-order valence-corrected chi connectivity index (χ0v) is 18.6. The molecule has 9 heteroatoms. The molecule has 1 aromatic heterocycles. The monoisotopic (exact) mass is 407 g/mol. The number of nitrogens with zero attached hydrogens (tertiary/aromatic N) is 5. The largest absolute Gasteiger partial charge is 0.382 e. The first kappa shape index (κ1) is 23.1. The Morgan fingerprint density at radius 3 is 2.59 bits per heavy atom. The number of aliphatic imine (C=N–C) groups is 1. The molecule has 9 nitrogen and oxygen atoms in total. The van der Waals surface area contributed by atoms with Crippen molar-refractivity contribution in [2.75, 3.05) is 40.4 Å². The smallest absolute Gasteiger partial charge is 0.230 e. The molecule has 1 saturated carbocycles. The summed E-state index contributed by atoms with van der Waals surface area (Å²) in [6.07, 6.45) is 4.90. The maximum absolute atomic E-state index is 12.8. The Bertz CT molecular complexity index is 678. The number of aromatic nitrogens is 3. The lowest BCUT2D eigenvalue weighted by atomic mass is 9.84. The second-order valence-electron chi connectivity index (χ2n) is 7.91. The Morgan fingerprint density at radius 1 is 1.28 bits per heavy atom. The van der Waals surface area contributed by atoms with Gasteiger partial charge in [0.2, 0.25) is 5.91 Å². The lowest BCUT2D eigenvalue weighted by Gasteiger charge is -2.31. The van der Waals surface area contributed by atoms with E-state index in [4.69, 9.17) is 4.74 Å². The van der Waals surface area contributed by atoms with Crippen LogP contribution in [0.15, 0.2) is 4.99 Å². The fourth-order valence-corrected chi connectivity index (χ4v) is 3.68. The number of carbonyl (C=O) groups is 1. The molecule has 1 fully saturated rings. The lowest BCUT2D eigenvalue weighted by molar-refractivity contribution is -0.138. The van der Waals surface area contributed by atoms with Gasteiger partial charge >= 0.3 is 0 Å². The molecule has 0 saturated heterocycles. The van der Waals surface area contributed by atoms with Crippen LogP contribution in [0.2, 0.25) is 0 Å². The standard InChI is InChI=1S/C20H37N7O2/c1-6-29-13-9-12-21-19(22-14-17-25-24-16(2)27(17)5)23-15-20(10-7-8-11-20)18(28)26(3)4/h6-15H2,1-5H3,(H2,21,22,23). The summed E-state index contributed by atoms with van der Waals surface area (Å²) in [6, 6.07) is 0. The van der Waals surface area contributed by atoms with Crippen molar-refractivity contribution < 1.29 is 9.53 Å². The van der Waals surface area contributed by atoms with Gasteiger partial charge in [-0.3, -0.25) is 4.79 Å². The quantitative estimate of drug-likeness (QED) is 0.344. The molecule has 1 aliphatic carbocycles. The number of amides is 1. The molecular weight excluding hydrogens is 370 g/mol. The molecule has 2 N–H and O–H groups in total. The highest BCUT2D eigenvalue weighted by Gasteiger charge is 2.42. The van der Waals surface area contributed by atoms with Gasteiger partial charge in [0.15, 0.2) is 11.8 Å². The van der Waals surface area contributed by atoms with Crippen LogP contribution >= 0.6 is 0 Å². The first-order valence-electron chi connectivity index (χ1n) is 10.6. The zero-order chi connectivity index (χ0) is 21.3. The van der Waals surface area contributed by atoms with Crippen molar-refractivity contribution >= 4 is 11.9 Å². The van der Waals surface area contributed by atoms with Crippen molar-refractivity contribution in [3.63, 3.8) is 0 Å². The molecule has 0 aromatic carbocycles. The summed E-state index contributed by atoms with van der Waals surface area (Å²) >= 11 is 0. The van der Waals surface area contributed by atoms with Crippen LogP contribution in [0.4, 0.5) is 0 Å². The van der Waals surface area contributed by atoms with Gasteiger partial charge in [0, 0.05) is 47.4 Å². The summed E-state index contributed by atoms with van der Waals surface area (Å²) in [4.78, 5) is 19.2. The molecule has 0 aliphatic heterocycles. The number of hydrogen-bond acceptors (Lipinski definition) is 5. The van der Waals surface area contributed by atoms with E-state index in [1.54, 1.807) is 4.90 Å². The molecule has 0 spiro atoms. The Kier molecular flexibility index (Phi) is 8.88. The molecule has 0 radical (unpaired) electrons. The minimum Gasteiger partial charge on any atom is -0.382 e. The van der Waals surface area contributed by atoms with Crippen molar-refractivity contribution in [1.29, 1.82) is 0 Å². The van der Waals surface area contributed by atoms with Crippen LogP contribution in [0, 0.1) is 12.3 Å². The van der Waals surface area contributed by atoms with Crippen LogP contribution < -0.4 is 10.6 Å². The van der Waals surface area contributed by atoms with Crippen molar-refractivity contribution in [2.45, 2.75) is 52.5 Å². The fourth-order valence-electron chi connectivity index (χ4n) is 3.68. The van der Waals surface area contributed by atoms with Gasteiger partial charge < -0.3 is 24.8 Å². The van der Waals surface area contributed by atoms with E-state index >= 15 is 0 Å². The molecule has 2 rings (SSSR count). The van der Waals surface area contributed by atoms with Gasteiger partial charge in [-0.15, -0.1) is 10.2 Å². The molecule has 164 valence electrons. The van der Waals surface area contributed by atoms with E-state index in [9.17, 15) is 4.79 Å². The van der Waals surface area contributed by atoms with Gasteiger partial charge in [-0.1, -0.05) is 12.8 Å². The molecule has 1 heterocycles. The highest BCUT2D eigenvalue weighted by molar-refractivity contribution is 5.85. The average molecular weight is 408 g/mol. The van der Waals surface area contributed by atoms with Crippen molar-refractivity contribution in [1.82, 2.24) is 30.3 Å². The van der Waals surface area contributed by atoms with E-state index in [0.29, 0.717) is 25.7 Å². The molecular formula is C20H37N7O2. The summed E-state index contributed by atoms with van der Waals surface area (Å²) in [5.74, 6) is 2.55. The Labute approximate surface area is 174 Å². The maximum Gasteiger partial charge on any atom is 0.230 e. The van der Waals surface area contributed by atoms with Gasteiger partial charge in [0.25, 0.3) is 0 Å². The highest BCUT2D eigenvalue weighted by atomic mass is 16.5. The van der Waals surface area contributed by atoms with Crippen LogP contribution in [0.3, 0.4) is 0 Å². The summed E-state index contributed by atoms with van der Waals surface area (Å²) in [7, 11) is 5.60. The third-order valence-electron chi connectivity index (χ3n) is 5.54. The minimum absolute atomic E-state index is 0.196. The molecule has 0 atom stereocenters. The fraction of sp³-hybridized carbons (Fsp3) is 0.800. The number of guanidine groups is 1. The summed E-state index contributed by atoms with van der Waals surface area (Å²) < 4.78 is 7.34. The number of ether oxygens (including phenoxy) is 1. The zero-order valence-electron chi connectivity index (χ0n) is 18.6. The SMILES string of the molecule is CCOCCCNC(=NCc1nnc(C)n1C)NCC1(C(=O)N(C)C)CCCC1. The molecule has 1 aliphatic rings. The van der Waals surface area contributed by atoms with Gasteiger partial charge in [-0.05, 0) is 33.1 Å². The van der Waals surface area contributed by atoms with E-state index in [0.717, 1.165) is 56.9 Å². The number of rotatable bonds is 10. The minimum atomic E-state index is -0.349. The molecule has 29 heavy (non-hydrogen) atoms. The summed E-state index contributed by atoms with van der Waals surface area (Å²) in [5.41, 5.74) is -0.349. The number of carbonyl (C=O) groups excluding carboxylic acids is 1. The van der Waals surface area contributed by atoms with Crippen LogP contribution in [0.25, 0.3) is 0 Å². The maximum atomic E-state index is 12.8. The van der Waals surface area contributed by atoms with Crippen molar-refractivity contribution in [3.8, 4) is 0 Å². The summed E-state index contributed by atoms with van der Waals surface area (Å²) in [5, 5.41) is 15.0. The first-order chi connectivity index (χ1) is 13.9. The Balaban J connectivity index is 2.04. The van der Waals surface area contributed by atoms with Gasteiger partial charge in [0.1, 0.15) is 12.4 Å². The normalized spacial score (nSPS) is 16.1. The highest BCUT2D eigenvalue weighted by Crippen LogP contribution is 2.38. The van der Waals surface area contributed by atoms with Crippen LogP contribution in [-0.2, 0) is 23.1 Å². The van der Waals surface area contributed by atoms with Crippen LogP contribution in [0.5, 0.6) is 0 Å². The van der Waals surface area contributed by atoms with E-state index in [2.05, 4.69) is 25.8 Å². The second kappa shape index (κ2) is 11.1. The Morgan fingerprint density at radius 2 is 2.00 bits per heavy atom. The number of nitrogens with one attached hydrogen (secondary N) is 2. The van der Waals surface area contributed by atoms with Gasteiger partial charge in [0.05, 0.1) is 5.41 Å². The Hall–Kier alpha value is -2.16. The van der Waals surface area contributed by atoms with Gasteiger partial charge in [-0.2, -0.15) is 0 Å². The first-order valence-corrected chi connectivity index (χ1v) is 10.6. The second-order valence-corrected chi connectivity index (χ2v) is 7.91. The van der Waals surface area contributed by atoms with Crippen molar-refractivity contribution in [2.24, 2.45) is 17.5 Å². The van der Waals surface area contributed by atoms with E-state index in [1.165, 1.54) is 0 Å². The third kappa shape index (κ3) is 6.42. The van der Waals surface area contributed by atoms with Crippen LogP contribution in [-0.4, -0.2) is 71.9 Å².